The Kier molecular flexibility index (Phi) is 6.29. The smallest absolute Gasteiger partial charge is 0.317 e. The van der Waals surface area contributed by atoms with Crippen LogP contribution < -0.4 is 5.32 Å². The maximum atomic E-state index is 12.2. The summed E-state index contributed by atoms with van der Waals surface area (Å²) in [4.78, 5) is 24.5. The van der Waals surface area contributed by atoms with Crippen LogP contribution in [0.2, 0.25) is 0 Å². The summed E-state index contributed by atoms with van der Waals surface area (Å²) in [7, 11) is 0. The molecule has 1 saturated heterocycles. The van der Waals surface area contributed by atoms with Crippen molar-refractivity contribution in [1.82, 2.24) is 10.2 Å². The molecule has 2 rings (SSSR count). The molecule has 0 aromatic carbocycles. The summed E-state index contributed by atoms with van der Waals surface area (Å²) in [6.07, 6.45) is 7.61. The molecule has 0 radical (unpaired) electrons. The Labute approximate surface area is 125 Å². The first-order valence-corrected chi connectivity index (χ1v) is 8.04. The summed E-state index contributed by atoms with van der Waals surface area (Å²) < 4.78 is 5.53. The van der Waals surface area contributed by atoms with Gasteiger partial charge >= 0.3 is 12.0 Å². The average molecular weight is 298 g/mol. The van der Waals surface area contributed by atoms with Gasteiger partial charge < -0.3 is 20.1 Å². The van der Waals surface area contributed by atoms with Crippen molar-refractivity contribution in [3.63, 3.8) is 0 Å². The molecule has 21 heavy (non-hydrogen) atoms. The second-order valence-electron chi connectivity index (χ2n) is 5.99. The van der Waals surface area contributed by atoms with Crippen molar-refractivity contribution in [3.05, 3.63) is 0 Å². The fourth-order valence-corrected chi connectivity index (χ4v) is 3.05. The van der Waals surface area contributed by atoms with Crippen molar-refractivity contribution in [1.29, 1.82) is 0 Å². The first-order chi connectivity index (χ1) is 10.1. The van der Waals surface area contributed by atoms with E-state index in [1.165, 1.54) is 19.3 Å². The van der Waals surface area contributed by atoms with Gasteiger partial charge in [0, 0.05) is 19.1 Å². The lowest BCUT2D eigenvalue weighted by atomic mass is 9.96. The van der Waals surface area contributed by atoms with Gasteiger partial charge in [0.1, 0.15) is 0 Å². The van der Waals surface area contributed by atoms with E-state index in [4.69, 9.17) is 9.84 Å². The third kappa shape index (κ3) is 5.53. The van der Waals surface area contributed by atoms with Crippen LogP contribution >= 0.6 is 0 Å². The van der Waals surface area contributed by atoms with E-state index in [1.807, 2.05) is 4.90 Å². The highest BCUT2D eigenvalue weighted by atomic mass is 16.5. The summed E-state index contributed by atoms with van der Waals surface area (Å²) >= 11 is 0. The van der Waals surface area contributed by atoms with Crippen LogP contribution in [0.25, 0.3) is 0 Å². The average Bonchev–Trinajstić information content (AvgIpc) is 2.48. The molecule has 6 nitrogen and oxygen atoms in total. The Bertz CT molecular complexity index is 348. The van der Waals surface area contributed by atoms with Gasteiger partial charge in [0.05, 0.1) is 19.1 Å². The number of nitrogens with one attached hydrogen (secondary N) is 1. The predicted molar refractivity (Wildman–Crippen MR) is 78.2 cm³/mol. The SMILES string of the molecule is O=C(O)CCOC1CCN(C(=O)NC2CCCCC2)CC1. The number of piperidine rings is 1. The number of carboxylic acid groups (broad SMARTS) is 1. The van der Waals surface area contributed by atoms with E-state index in [-0.39, 0.29) is 25.2 Å². The van der Waals surface area contributed by atoms with E-state index in [1.54, 1.807) is 0 Å². The summed E-state index contributed by atoms with van der Waals surface area (Å²) in [5.41, 5.74) is 0. The van der Waals surface area contributed by atoms with Crippen LogP contribution in [-0.4, -0.2) is 53.8 Å². The largest absolute Gasteiger partial charge is 0.481 e. The molecule has 0 atom stereocenters. The van der Waals surface area contributed by atoms with Gasteiger partial charge in [0.2, 0.25) is 0 Å². The molecule has 2 amide bonds. The van der Waals surface area contributed by atoms with Crippen LogP contribution in [0.4, 0.5) is 4.79 Å². The summed E-state index contributed by atoms with van der Waals surface area (Å²) in [6, 6.07) is 0.390. The number of carboxylic acids is 1. The molecule has 1 saturated carbocycles. The number of amides is 2. The van der Waals surface area contributed by atoms with Gasteiger partial charge in [0.15, 0.2) is 0 Å². The van der Waals surface area contributed by atoms with Crippen molar-refractivity contribution < 1.29 is 19.4 Å². The van der Waals surface area contributed by atoms with Crippen molar-refractivity contribution in [2.75, 3.05) is 19.7 Å². The van der Waals surface area contributed by atoms with Gasteiger partial charge in [-0.1, -0.05) is 19.3 Å². The van der Waals surface area contributed by atoms with Crippen LogP contribution in [0.5, 0.6) is 0 Å². The van der Waals surface area contributed by atoms with Crippen molar-refractivity contribution in [3.8, 4) is 0 Å². The lowest BCUT2D eigenvalue weighted by Gasteiger charge is -2.33. The molecule has 0 bridgehead atoms. The van der Waals surface area contributed by atoms with Crippen molar-refractivity contribution in [2.45, 2.75) is 63.5 Å². The Morgan fingerprint density at radius 1 is 1.10 bits per heavy atom. The fourth-order valence-electron chi connectivity index (χ4n) is 3.05. The number of urea groups is 1. The number of carbonyl (C=O) groups excluding carboxylic acids is 1. The van der Waals surface area contributed by atoms with Gasteiger partial charge in [-0.25, -0.2) is 4.79 Å². The quantitative estimate of drug-likeness (QED) is 0.813. The number of hydrogen-bond donors (Lipinski definition) is 2. The van der Waals surface area contributed by atoms with Crippen LogP contribution in [0.3, 0.4) is 0 Å². The molecule has 120 valence electrons. The number of aliphatic carboxylic acids is 1. The van der Waals surface area contributed by atoms with Crippen LogP contribution in [0.15, 0.2) is 0 Å². The molecule has 0 unspecified atom stereocenters. The first kappa shape index (κ1) is 16.1. The summed E-state index contributed by atoms with van der Waals surface area (Å²) in [6.45, 7) is 1.64. The number of carbonyl (C=O) groups is 2. The van der Waals surface area contributed by atoms with Gasteiger partial charge in [-0.3, -0.25) is 4.79 Å². The van der Waals surface area contributed by atoms with E-state index in [0.717, 1.165) is 25.7 Å². The minimum atomic E-state index is -0.834. The van der Waals surface area contributed by atoms with Gasteiger partial charge in [-0.2, -0.15) is 0 Å². The molecule has 2 fully saturated rings. The molecule has 1 heterocycles. The Morgan fingerprint density at radius 2 is 1.76 bits per heavy atom. The molecular weight excluding hydrogens is 272 g/mol. The number of likely N-dealkylation sites (tertiary alicyclic amines) is 1. The normalized spacial score (nSPS) is 21.2. The van der Waals surface area contributed by atoms with Crippen molar-refractivity contribution in [2.24, 2.45) is 0 Å². The molecule has 0 spiro atoms. The maximum Gasteiger partial charge on any atom is 0.317 e. The van der Waals surface area contributed by atoms with Crippen LogP contribution in [0.1, 0.15) is 51.4 Å². The minimum absolute atomic E-state index is 0.0440. The Hall–Kier alpha value is -1.30. The molecule has 2 N–H and O–H groups in total. The zero-order valence-electron chi connectivity index (χ0n) is 12.6. The lowest BCUT2D eigenvalue weighted by molar-refractivity contribution is -0.138. The highest BCUT2D eigenvalue weighted by Gasteiger charge is 2.25. The molecule has 6 heteroatoms. The monoisotopic (exact) mass is 298 g/mol. The number of nitrogens with zero attached hydrogens (tertiary/aromatic N) is 1. The zero-order valence-corrected chi connectivity index (χ0v) is 12.6. The van der Waals surface area contributed by atoms with Gasteiger partial charge in [-0.05, 0) is 25.7 Å². The minimum Gasteiger partial charge on any atom is -0.481 e. The van der Waals surface area contributed by atoms with Gasteiger partial charge in [0.25, 0.3) is 0 Å². The summed E-state index contributed by atoms with van der Waals surface area (Å²) in [5.74, 6) is -0.834. The summed E-state index contributed by atoms with van der Waals surface area (Å²) in [5, 5.41) is 11.7. The van der Waals surface area contributed by atoms with Gasteiger partial charge in [-0.15, -0.1) is 0 Å². The van der Waals surface area contributed by atoms with E-state index < -0.39 is 5.97 Å². The third-order valence-electron chi connectivity index (χ3n) is 4.33. The third-order valence-corrected chi connectivity index (χ3v) is 4.33. The fraction of sp³-hybridized carbons (Fsp3) is 0.867. The number of hydrogen-bond acceptors (Lipinski definition) is 3. The predicted octanol–water partition coefficient (Wildman–Crippen LogP) is 1.98. The van der Waals surface area contributed by atoms with E-state index in [0.29, 0.717) is 19.1 Å². The highest BCUT2D eigenvalue weighted by Crippen LogP contribution is 2.19. The Balaban J connectivity index is 1.63. The second-order valence-corrected chi connectivity index (χ2v) is 5.99. The number of ether oxygens (including phenoxy) is 1. The van der Waals surface area contributed by atoms with Crippen LogP contribution in [0, 0.1) is 0 Å². The topological polar surface area (TPSA) is 78.9 Å². The molecule has 1 aliphatic carbocycles. The van der Waals surface area contributed by atoms with Crippen molar-refractivity contribution >= 4 is 12.0 Å². The maximum absolute atomic E-state index is 12.2. The van der Waals surface area contributed by atoms with E-state index in [9.17, 15) is 9.59 Å². The highest BCUT2D eigenvalue weighted by molar-refractivity contribution is 5.74. The molecule has 0 aromatic rings. The molecule has 0 aromatic heterocycles. The Morgan fingerprint density at radius 3 is 2.38 bits per heavy atom. The van der Waals surface area contributed by atoms with E-state index in [2.05, 4.69) is 5.32 Å². The molecule has 1 aliphatic heterocycles. The lowest BCUT2D eigenvalue weighted by Crippen LogP contribution is -2.49. The standard InChI is InChI=1S/C15H26N2O4/c18-14(19)8-11-21-13-6-9-17(10-7-13)15(20)16-12-4-2-1-3-5-12/h12-13H,1-11H2,(H,16,20)(H,18,19). The first-order valence-electron chi connectivity index (χ1n) is 8.04. The number of rotatable bonds is 5. The molecular formula is C15H26N2O4. The van der Waals surface area contributed by atoms with E-state index >= 15 is 0 Å². The molecule has 2 aliphatic rings. The van der Waals surface area contributed by atoms with Crippen LogP contribution in [-0.2, 0) is 9.53 Å². The second kappa shape index (κ2) is 8.22. The zero-order chi connectivity index (χ0) is 15.1.